The maximum atomic E-state index is 12.0. The molecular weight excluding hydrogens is 310 g/mol. The van der Waals surface area contributed by atoms with Gasteiger partial charge in [-0.3, -0.25) is 4.79 Å². The van der Waals surface area contributed by atoms with E-state index in [0.29, 0.717) is 21.6 Å². The molecule has 2 N–H and O–H groups in total. The molecule has 0 unspecified atom stereocenters. The smallest absolute Gasteiger partial charge is 0.234 e. The molecule has 0 aliphatic carbocycles. The van der Waals surface area contributed by atoms with Crippen LogP contribution < -0.4 is 5.32 Å². The van der Waals surface area contributed by atoms with Crippen molar-refractivity contribution in [1.82, 2.24) is 9.55 Å². The number of imidazole rings is 1. The Hall–Kier alpha value is -1.50. The molecule has 0 saturated carbocycles. The van der Waals surface area contributed by atoms with Crippen molar-refractivity contribution in [3.05, 3.63) is 40.7 Å². The third-order valence-corrected chi connectivity index (χ3v) is 4.29. The van der Waals surface area contributed by atoms with Crippen LogP contribution in [0, 0.1) is 6.92 Å². The summed E-state index contributed by atoms with van der Waals surface area (Å²) >= 11 is 7.24. The van der Waals surface area contributed by atoms with E-state index in [9.17, 15) is 4.79 Å². The van der Waals surface area contributed by atoms with Crippen LogP contribution >= 0.6 is 23.4 Å². The van der Waals surface area contributed by atoms with E-state index < -0.39 is 0 Å². The highest BCUT2D eigenvalue weighted by atomic mass is 35.5. The summed E-state index contributed by atoms with van der Waals surface area (Å²) in [6.45, 7) is 1.84. The molecule has 0 radical (unpaired) electrons. The summed E-state index contributed by atoms with van der Waals surface area (Å²) in [4.78, 5) is 16.1. The number of aromatic nitrogens is 2. The summed E-state index contributed by atoms with van der Waals surface area (Å²) in [5.41, 5.74) is 2.38. The maximum Gasteiger partial charge on any atom is 0.234 e. The molecule has 5 nitrogen and oxygen atoms in total. The van der Waals surface area contributed by atoms with Crippen LogP contribution in [0.1, 0.15) is 11.3 Å². The van der Waals surface area contributed by atoms with Crippen molar-refractivity contribution in [1.29, 1.82) is 0 Å². The largest absolute Gasteiger partial charge is 0.390 e. The lowest BCUT2D eigenvalue weighted by molar-refractivity contribution is -0.113. The van der Waals surface area contributed by atoms with Gasteiger partial charge in [0, 0.05) is 17.8 Å². The number of hydrogen-bond acceptors (Lipinski definition) is 4. The van der Waals surface area contributed by atoms with Gasteiger partial charge < -0.3 is 15.0 Å². The number of carbonyl (C=O) groups is 1. The van der Waals surface area contributed by atoms with Gasteiger partial charge >= 0.3 is 0 Å². The highest BCUT2D eigenvalue weighted by Gasteiger charge is 2.10. The Morgan fingerprint density at radius 2 is 2.29 bits per heavy atom. The van der Waals surface area contributed by atoms with E-state index >= 15 is 0 Å². The van der Waals surface area contributed by atoms with Crippen LogP contribution in [0.25, 0.3) is 0 Å². The van der Waals surface area contributed by atoms with E-state index in [-0.39, 0.29) is 18.3 Å². The van der Waals surface area contributed by atoms with Crippen LogP contribution in [0.2, 0.25) is 5.02 Å². The fraction of sp³-hybridized carbons (Fsp3) is 0.286. The van der Waals surface area contributed by atoms with Crippen molar-refractivity contribution < 1.29 is 9.90 Å². The summed E-state index contributed by atoms with van der Waals surface area (Å²) in [5.74, 6) is 0.112. The summed E-state index contributed by atoms with van der Waals surface area (Å²) < 4.78 is 1.77. The lowest BCUT2D eigenvalue weighted by Crippen LogP contribution is -2.15. The topological polar surface area (TPSA) is 67.2 Å². The van der Waals surface area contributed by atoms with Gasteiger partial charge in [-0.05, 0) is 24.6 Å². The van der Waals surface area contributed by atoms with Gasteiger partial charge in [-0.25, -0.2) is 4.98 Å². The molecule has 0 bridgehead atoms. The summed E-state index contributed by atoms with van der Waals surface area (Å²) in [7, 11) is 1.81. The zero-order valence-electron chi connectivity index (χ0n) is 11.8. The number of amides is 1. The van der Waals surface area contributed by atoms with Crippen LogP contribution in [0.5, 0.6) is 0 Å². The molecule has 2 rings (SSSR count). The molecular formula is C14H16ClN3O2S. The predicted molar refractivity (Wildman–Crippen MR) is 84.7 cm³/mol. The normalized spacial score (nSPS) is 10.7. The lowest BCUT2D eigenvalue weighted by atomic mass is 10.2. The fourth-order valence-electron chi connectivity index (χ4n) is 1.75. The Morgan fingerprint density at radius 3 is 2.95 bits per heavy atom. The molecule has 0 spiro atoms. The molecule has 1 aromatic carbocycles. The van der Waals surface area contributed by atoms with E-state index in [4.69, 9.17) is 16.7 Å². The number of thioether (sulfide) groups is 1. The predicted octanol–water partition coefficient (Wildman–Crippen LogP) is 2.61. The van der Waals surface area contributed by atoms with Crippen LogP contribution in [-0.4, -0.2) is 26.3 Å². The van der Waals surface area contributed by atoms with Crippen molar-refractivity contribution >= 4 is 35.0 Å². The van der Waals surface area contributed by atoms with Crippen molar-refractivity contribution in [2.75, 3.05) is 11.1 Å². The molecule has 1 aromatic heterocycles. The fourth-order valence-corrected chi connectivity index (χ4v) is 2.69. The van der Waals surface area contributed by atoms with Crippen LogP contribution in [0.4, 0.5) is 5.69 Å². The number of aliphatic hydroxyl groups excluding tert-OH is 1. The highest BCUT2D eigenvalue weighted by molar-refractivity contribution is 7.99. The molecule has 0 aliphatic rings. The number of nitrogens with one attached hydrogen (secondary N) is 1. The Morgan fingerprint density at radius 1 is 1.52 bits per heavy atom. The molecule has 0 aliphatic heterocycles. The van der Waals surface area contributed by atoms with Crippen molar-refractivity contribution in [2.45, 2.75) is 18.7 Å². The third kappa shape index (κ3) is 4.00. The number of halogens is 1. The van der Waals surface area contributed by atoms with Crippen molar-refractivity contribution in [2.24, 2.45) is 7.05 Å². The van der Waals surface area contributed by atoms with Gasteiger partial charge in [-0.2, -0.15) is 0 Å². The standard InChI is InChI=1S/C14H16ClN3O2S/c1-9-3-4-10(15)5-12(9)17-13(20)8-21-14-16-6-11(7-19)18(14)2/h3-6,19H,7-8H2,1-2H3,(H,17,20). The molecule has 21 heavy (non-hydrogen) atoms. The van der Waals surface area contributed by atoms with E-state index in [1.165, 1.54) is 11.8 Å². The Bertz CT molecular complexity index is 658. The second kappa shape index (κ2) is 6.98. The number of aliphatic hydroxyl groups is 1. The van der Waals surface area contributed by atoms with E-state index in [2.05, 4.69) is 10.3 Å². The Kier molecular flexibility index (Phi) is 5.27. The Balaban J connectivity index is 1.96. The van der Waals surface area contributed by atoms with Gasteiger partial charge in [-0.1, -0.05) is 29.4 Å². The molecule has 0 saturated heterocycles. The van der Waals surface area contributed by atoms with Crippen molar-refractivity contribution in [3.8, 4) is 0 Å². The van der Waals surface area contributed by atoms with Gasteiger partial charge in [-0.15, -0.1) is 0 Å². The number of benzene rings is 1. The number of rotatable bonds is 5. The molecule has 0 fully saturated rings. The molecule has 1 amide bonds. The summed E-state index contributed by atoms with van der Waals surface area (Å²) in [6.07, 6.45) is 1.60. The third-order valence-electron chi connectivity index (χ3n) is 3.01. The monoisotopic (exact) mass is 325 g/mol. The SMILES string of the molecule is Cc1ccc(Cl)cc1NC(=O)CSc1ncc(CO)n1C. The molecule has 1 heterocycles. The average Bonchev–Trinajstić information content (AvgIpc) is 2.81. The van der Waals surface area contributed by atoms with Gasteiger partial charge in [0.2, 0.25) is 5.91 Å². The molecule has 0 atom stereocenters. The molecule has 112 valence electrons. The first-order valence-electron chi connectivity index (χ1n) is 6.31. The first-order valence-corrected chi connectivity index (χ1v) is 7.68. The van der Waals surface area contributed by atoms with Gasteiger partial charge in [0.15, 0.2) is 5.16 Å². The second-order valence-electron chi connectivity index (χ2n) is 4.55. The minimum absolute atomic E-state index is 0.0715. The number of anilines is 1. The zero-order valence-corrected chi connectivity index (χ0v) is 13.3. The summed E-state index contributed by atoms with van der Waals surface area (Å²) in [5, 5.41) is 13.2. The van der Waals surface area contributed by atoms with Crippen LogP contribution in [0.15, 0.2) is 29.6 Å². The number of hydrogen-bond donors (Lipinski definition) is 2. The summed E-state index contributed by atoms with van der Waals surface area (Å²) in [6, 6.07) is 5.37. The van der Waals surface area contributed by atoms with E-state index in [1.54, 1.807) is 29.9 Å². The number of carbonyl (C=O) groups excluding carboxylic acids is 1. The van der Waals surface area contributed by atoms with E-state index in [0.717, 1.165) is 5.56 Å². The Labute approximate surface area is 132 Å². The van der Waals surface area contributed by atoms with Gasteiger partial charge in [0.1, 0.15) is 0 Å². The van der Waals surface area contributed by atoms with E-state index in [1.807, 2.05) is 13.0 Å². The molecule has 7 heteroatoms. The molecule has 2 aromatic rings. The average molecular weight is 326 g/mol. The number of aryl methyl sites for hydroxylation is 1. The lowest BCUT2D eigenvalue weighted by Gasteiger charge is -2.09. The number of nitrogens with zero attached hydrogens (tertiary/aromatic N) is 2. The van der Waals surface area contributed by atoms with Gasteiger partial charge in [0.25, 0.3) is 0 Å². The minimum Gasteiger partial charge on any atom is -0.390 e. The van der Waals surface area contributed by atoms with Crippen LogP contribution in [-0.2, 0) is 18.4 Å². The van der Waals surface area contributed by atoms with Crippen LogP contribution in [0.3, 0.4) is 0 Å². The van der Waals surface area contributed by atoms with Gasteiger partial charge in [0.05, 0.1) is 24.3 Å². The highest BCUT2D eigenvalue weighted by Crippen LogP contribution is 2.21. The second-order valence-corrected chi connectivity index (χ2v) is 5.92. The minimum atomic E-state index is -0.126. The maximum absolute atomic E-state index is 12.0. The first-order chi connectivity index (χ1) is 10.0. The van der Waals surface area contributed by atoms with Crippen molar-refractivity contribution in [3.63, 3.8) is 0 Å². The first kappa shape index (κ1) is 15.9. The quantitative estimate of drug-likeness (QED) is 0.829. The zero-order chi connectivity index (χ0) is 15.4.